The zero-order chi connectivity index (χ0) is 10.4. The number of hydrogen-bond acceptors (Lipinski definition) is 4. The van der Waals surface area contributed by atoms with Crippen molar-refractivity contribution < 1.29 is 14.7 Å². The molecule has 4 N–H and O–H groups in total. The number of nitrogens with one attached hydrogen (secondary N) is 1. The van der Waals surface area contributed by atoms with E-state index in [1.807, 2.05) is 0 Å². The molecule has 0 saturated carbocycles. The van der Waals surface area contributed by atoms with Gasteiger partial charge in [0.25, 0.3) is 0 Å². The van der Waals surface area contributed by atoms with Crippen LogP contribution in [0.25, 0.3) is 0 Å². The Hall–Kier alpha value is -1.20. The van der Waals surface area contributed by atoms with Crippen molar-refractivity contribution in [3.8, 4) is 0 Å². The van der Waals surface area contributed by atoms with Gasteiger partial charge in [-0.3, -0.25) is 9.59 Å². The van der Waals surface area contributed by atoms with E-state index in [9.17, 15) is 9.59 Å². The maximum atomic E-state index is 11.0. The number of Topliss-reactive ketones (excluding diaryl/α,β-unsaturated/α-hetero) is 1. The standard InChI is InChI=1S/C8H14N2O3/c1-5(2)8(13)10-3-7(12)6(9)4-11/h6,11H,1,3-4,9H2,2H3,(H,10,13). The van der Waals surface area contributed by atoms with Crippen LogP contribution in [0.2, 0.25) is 0 Å². The highest BCUT2D eigenvalue weighted by molar-refractivity contribution is 5.96. The van der Waals surface area contributed by atoms with Gasteiger partial charge in [-0.05, 0) is 6.92 Å². The van der Waals surface area contributed by atoms with E-state index in [0.717, 1.165) is 0 Å². The molecule has 0 aliphatic carbocycles. The Morgan fingerprint density at radius 3 is 2.54 bits per heavy atom. The number of aliphatic hydroxyl groups is 1. The number of carbonyl (C=O) groups is 2. The number of aliphatic hydroxyl groups excluding tert-OH is 1. The van der Waals surface area contributed by atoms with Crippen LogP contribution < -0.4 is 11.1 Å². The van der Waals surface area contributed by atoms with Crippen molar-refractivity contribution in [2.24, 2.45) is 5.73 Å². The van der Waals surface area contributed by atoms with E-state index in [1.54, 1.807) is 0 Å². The van der Waals surface area contributed by atoms with Gasteiger partial charge in [0.2, 0.25) is 5.91 Å². The lowest BCUT2D eigenvalue weighted by molar-refractivity contribution is -0.124. The van der Waals surface area contributed by atoms with E-state index in [2.05, 4.69) is 11.9 Å². The highest BCUT2D eigenvalue weighted by Gasteiger charge is 2.12. The molecule has 0 aliphatic rings. The molecule has 0 bridgehead atoms. The van der Waals surface area contributed by atoms with Crippen LogP contribution >= 0.6 is 0 Å². The van der Waals surface area contributed by atoms with Crippen LogP contribution in [0.15, 0.2) is 12.2 Å². The van der Waals surface area contributed by atoms with Crippen molar-refractivity contribution in [2.75, 3.05) is 13.2 Å². The average molecular weight is 186 g/mol. The fourth-order valence-corrected chi connectivity index (χ4v) is 0.551. The van der Waals surface area contributed by atoms with E-state index < -0.39 is 24.3 Å². The third-order valence-corrected chi connectivity index (χ3v) is 1.42. The van der Waals surface area contributed by atoms with Crippen LogP contribution in [0.1, 0.15) is 6.92 Å². The molecule has 0 aromatic rings. The van der Waals surface area contributed by atoms with Crippen molar-refractivity contribution in [1.82, 2.24) is 5.32 Å². The summed E-state index contributed by atoms with van der Waals surface area (Å²) in [4.78, 5) is 21.9. The van der Waals surface area contributed by atoms with Gasteiger partial charge in [-0.25, -0.2) is 0 Å². The first-order chi connectivity index (χ1) is 5.99. The molecule has 0 aromatic heterocycles. The summed E-state index contributed by atoms with van der Waals surface area (Å²) < 4.78 is 0. The van der Waals surface area contributed by atoms with Gasteiger partial charge in [-0.15, -0.1) is 0 Å². The number of rotatable bonds is 5. The van der Waals surface area contributed by atoms with Gasteiger partial charge >= 0.3 is 0 Å². The number of carbonyl (C=O) groups excluding carboxylic acids is 2. The number of hydrogen-bond donors (Lipinski definition) is 3. The summed E-state index contributed by atoms with van der Waals surface area (Å²) in [6.07, 6.45) is 0. The number of ketones is 1. The Balaban J connectivity index is 3.83. The highest BCUT2D eigenvalue weighted by Crippen LogP contribution is 1.86. The normalized spacial score (nSPS) is 11.9. The second-order valence-electron chi connectivity index (χ2n) is 2.72. The van der Waals surface area contributed by atoms with Crippen molar-refractivity contribution in [1.29, 1.82) is 0 Å². The minimum Gasteiger partial charge on any atom is -0.394 e. The van der Waals surface area contributed by atoms with E-state index in [1.165, 1.54) is 6.92 Å². The van der Waals surface area contributed by atoms with E-state index in [-0.39, 0.29) is 6.54 Å². The Labute approximate surface area is 76.6 Å². The topological polar surface area (TPSA) is 92.4 Å². The van der Waals surface area contributed by atoms with Crippen LogP contribution in [-0.4, -0.2) is 36.0 Å². The van der Waals surface area contributed by atoms with Gasteiger partial charge in [-0.1, -0.05) is 6.58 Å². The second-order valence-corrected chi connectivity index (χ2v) is 2.72. The first-order valence-electron chi connectivity index (χ1n) is 3.82. The molecule has 0 saturated heterocycles. The van der Waals surface area contributed by atoms with Gasteiger partial charge in [-0.2, -0.15) is 0 Å². The Bertz CT molecular complexity index is 225. The van der Waals surface area contributed by atoms with Crippen molar-refractivity contribution in [3.05, 3.63) is 12.2 Å². The number of amides is 1. The Morgan fingerprint density at radius 2 is 2.15 bits per heavy atom. The van der Waals surface area contributed by atoms with Crippen LogP contribution in [0, 0.1) is 0 Å². The lowest BCUT2D eigenvalue weighted by atomic mass is 10.2. The maximum absolute atomic E-state index is 11.0. The fourth-order valence-electron chi connectivity index (χ4n) is 0.551. The smallest absolute Gasteiger partial charge is 0.246 e. The van der Waals surface area contributed by atoms with Crippen LogP contribution in [0.4, 0.5) is 0 Å². The highest BCUT2D eigenvalue weighted by atomic mass is 16.3. The zero-order valence-electron chi connectivity index (χ0n) is 7.54. The monoisotopic (exact) mass is 186 g/mol. The molecule has 0 rings (SSSR count). The summed E-state index contributed by atoms with van der Waals surface area (Å²) in [6.45, 7) is 4.34. The first-order valence-corrected chi connectivity index (χ1v) is 3.82. The summed E-state index contributed by atoms with van der Waals surface area (Å²) in [5.41, 5.74) is 5.53. The largest absolute Gasteiger partial charge is 0.394 e. The van der Waals surface area contributed by atoms with E-state index >= 15 is 0 Å². The molecular weight excluding hydrogens is 172 g/mol. The maximum Gasteiger partial charge on any atom is 0.246 e. The molecule has 0 aliphatic heterocycles. The molecule has 5 nitrogen and oxygen atoms in total. The van der Waals surface area contributed by atoms with Gasteiger partial charge < -0.3 is 16.2 Å². The minimum atomic E-state index is -0.926. The Morgan fingerprint density at radius 1 is 1.62 bits per heavy atom. The summed E-state index contributed by atoms with van der Waals surface area (Å²) in [6, 6.07) is -0.926. The molecule has 0 heterocycles. The molecule has 0 fully saturated rings. The molecule has 0 radical (unpaired) electrons. The first kappa shape index (κ1) is 11.8. The van der Waals surface area contributed by atoms with Crippen LogP contribution in [-0.2, 0) is 9.59 Å². The third kappa shape index (κ3) is 4.39. The van der Waals surface area contributed by atoms with Gasteiger partial charge in [0.1, 0.15) is 0 Å². The molecule has 0 aromatic carbocycles. The SMILES string of the molecule is C=C(C)C(=O)NCC(=O)C(N)CO. The van der Waals surface area contributed by atoms with Crippen molar-refractivity contribution in [2.45, 2.75) is 13.0 Å². The van der Waals surface area contributed by atoms with Crippen LogP contribution in [0.3, 0.4) is 0 Å². The minimum absolute atomic E-state index is 0.173. The van der Waals surface area contributed by atoms with Crippen molar-refractivity contribution in [3.63, 3.8) is 0 Å². The molecule has 5 heteroatoms. The molecule has 1 atom stereocenters. The quantitative estimate of drug-likeness (QED) is 0.459. The fraction of sp³-hybridized carbons (Fsp3) is 0.500. The summed E-state index contributed by atoms with van der Waals surface area (Å²) in [7, 11) is 0. The molecule has 1 unspecified atom stereocenters. The number of nitrogens with two attached hydrogens (primary N) is 1. The predicted molar refractivity (Wildman–Crippen MR) is 47.9 cm³/mol. The third-order valence-electron chi connectivity index (χ3n) is 1.42. The predicted octanol–water partition coefficient (Wildman–Crippen LogP) is -1.43. The summed E-state index contributed by atoms with van der Waals surface area (Å²) in [5.74, 6) is -0.796. The summed E-state index contributed by atoms with van der Waals surface area (Å²) >= 11 is 0. The molecule has 74 valence electrons. The summed E-state index contributed by atoms with van der Waals surface area (Å²) in [5, 5.41) is 10.8. The van der Waals surface area contributed by atoms with Gasteiger partial charge in [0.05, 0.1) is 19.2 Å². The molecule has 0 spiro atoms. The van der Waals surface area contributed by atoms with E-state index in [4.69, 9.17) is 10.8 Å². The molecular formula is C8H14N2O3. The Kier molecular flexibility index (Phi) is 4.94. The lowest BCUT2D eigenvalue weighted by Crippen LogP contribution is -2.41. The van der Waals surface area contributed by atoms with Gasteiger partial charge in [0, 0.05) is 5.57 Å². The average Bonchev–Trinajstić information content (AvgIpc) is 2.11. The van der Waals surface area contributed by atoms with E-state index in [0.29, 0.717) is 5.57 Å². The molecule has 13 heavy (non-hydrogen) atoms. The van der Waals surface area contributed by atoms with Crippen LogP contribution in [0.5, 0.6) is 0 Å². The van der Waals surface area contributed by atoms with Gasteiger partial charge in [0.15, 0.2) is 5.78 Å². The molecule has 1 amide bonds. The van der Waals surface area contributed by atoms with Crippen molar-refractivity contribution >= 4 is 11.7 Å². The lowest BCUT2D eigenvalue weighted by Gasteiger charge is -2.07. The second kappa shape index (κ2) is 5.45. The zero-order valence-corrected chi connectivity index (χ0v) is 7.54.